The van der Waals surface area contributed by atoms with Crippen molar-refractivity contribution in [3.63, 3.8) is 0 Å². The van der Waals surface area contributed by atoms with Crippen molar-refractivity contribution in [1.29, 1.82) is 0 Å². The summed E-state index contributed by atoms with van der Waals surface area (Å²) in [5, 5.41) is 10.7. The van der Waals surface area contributed by atoms with E-state index in [4.69, 9.17) is 0 Å². The molecular formula is C25H44O. The van der Waals surface area contributed by atoms with E-state index >= 15 is 0 Å². The predicted octanol–water partition coefficient (Wildman–Crippen LogP) is 6.98. The van der Waals surface area contributed by atoms with Crippen molar-refractivity contribution in [3.05, 3.63) is 0 Å². The molecule has 150 valence electrons. The smallest absolute Gasteiger partial charge is 0.0622 e. The van der Waals surface area contributed by atoms with Gasteiger partial charge in [0, 0.05) is 0 Å². The molecule has 0 saturated heterocycles. The van der Waals surface area contributed by atoms with Crippen molar-refractivity contribution in [2.45, 2.75) is 117 Å². The largest absolute Gasteiger partial charge is 0.390 e. The molecule has 0 heterocycles. The molecule has 4 saturated carbocycles. The molecular weight excluding hydrogens is 316 g/mol. The number of aliphatic hydroxyl groups is 1. The van der Waals surface area contributed by atoms with Gasteiger partial charge in [-0.2, -0.15) is 0 Å². The van der Waals surface area contributed by atoms with Crippen LogP contribution in [0.25, 0.3) is 0 Å². The Morgan fingerprint density at radius 2 is 1.58 bits per heavy atom. The van der Waals surface area contributed by atoms with E-state index in [2.05, 4.69) is 27.7 Å². The molecule has 0 aliphatic heterocycles. The van der Waals surface area contributed by atoms with Crippen LogP contribution in [-0.2, 0) is 0 Å². The molecule has 4 aliphatic rings. The highest BCUT2D eigenvalue weighted by atomic mass is 16.3. The van der Waals surface area contributed by atoms with Crippen molar-refractivity contribution < 1.29 is 5.11 Å². The molecule has 1 heteroatoms. The zero-order chi connectivity index (χ0) is 18.6. The number of hydrogen-bond acceptors (Lipinski definition) is 1. The molecule has 0 aromatic heterocycles. The highest BCUT2D eigenvalue weighted by molar-refractivity contribution is 5.10. The second-order valence-electron chi connectivity index (χ2n) is 11.7. The van der Waals surface area contributed by atoms with Gasteiger partial charge in [-0.25, -0.2) is 0 Å². The lowest BCUT2D eigenvalue weighted by Crippen LogP contribution is -2.55. The third kappa shape index (κ3) is 2.99. The quantitative estimate of drug-likeness (QED) is 0.536. The van der Waals surface area contributed by atoms with E-state index in [9.17, 15) is 5.11 Å². The average molecular weight is 361 g/mol. The summed E-state index contributed by atoms with van der Waals surface area (Å²) in [6.07, 6.45) is 18.0. The van der Waals surface area contributed by atoms with Crippen molar-refractivity contribution in [2.75, 3.05) is 0 Å². The molecule has 4 aliphatic carbocycles. The van der Waals surface area contributed by atoms with E-state index in [1.54, 1.807) is 0 Å². The fraction of sp³-hybridized carbons (Fsp3) is 1.00. The number of fused-ring (bicyclic) bond motifs is 5. The van der Waals surface area contributed by atoms with Crippen LogP contribution in [0, 0.1) is 40.4 Å². The van der Waals surface area contributed by atoms with E-state index in [1.807, 2.05) is 0 Å². The molecule has 1 nitrogen and oxygen atoms in total. The van der Waals surface area contributed by atoms with Crippen molar-refractivity contribution in [2.24, 2.45) is 40.4 Å². The summed E-state index contributed by atoms with van der Waals surface area (Å²) in [5.74, 6) is 4.74. The maximum Gasteiger partial charge on any atom is 0.0622 e. The molecule has 1 N–H and O–H groups in total. The lowest BCUT2D eigenvalue weighted by atomic mass is 9.44. The first-order valence-electron chi connectivity index (χ1n) is 12.0. The molecule has 0 bridgehead atoms. The van der Waals surface area contributed by atoms with Crippen LogP contribution in [0.2, 0.25) is 0 Å². The minimum atomic E-state index is -0.391. The van der Waals surface area contributed by atoms with Crippen molar-refractivity contribution in [1.82, 2.24) is 0 Å². The normalized spacial score (nSPS) is 53.7. The predicted molar refractivity (Wildman–Crippen MR) is 110 cm³/mol. The Bertz CT molecular complexity index is 510. The molecule has 26 heavy (non-hydrogen) atoms. The maximum absolute atomic E-state index is 10.7. The van der Waals surface area contributed by atoms with E-state index in [1.165, 1.54) is 70.6 Å². The van der Waals surface area contributed by atoms with Crippen LogP contribution >= 0.6 is 0 Å². The Balaban J connectivity index is 1.50. The van der Waals surface area contributed by atoms with Gasteiger partial charge in [0.05, 0.1) is 5.60 Å². The third-order valence-electron chi connectivity index (χ3n) is 10.3. The topological polar surface area (TPSA) is 20.2 Å². The minimum Gasteiger partial charge on any atom is -0.390 e. The zero-order valence-electron chi connectivity index (χ0n) is 18.0. The van der Waals surface area contributed by atoms with Crippen LogP contribution in [0.1, 0.15) is 111 Å². The lowest BCUT2D eigenvalue weighted by molar-refractivity contribution is -0.146. The summed E-state index contributed by atoms with van der Waals surface area (Å²) in [4.78, 5) is 0. The molecule has 5 unspecified atom stereocenters. The van der Waals surface area contributed by atoms with Gasteiger partial charge in [0.2, 0.25) is 0 Å². The molecule has 8 atom stereocenters. The monoisotopic (exact) mass is 360 g/mol. The molecule has 0 radical (unpaired) electrons. The summed E-state index contributed by atoms with van der Waals surface area (Å²) < 4.78 is 0. The highest BCUT2D eigenvalue weighted by Gasteiger charge is 2.60. The van der Waals surface area contributed by atoms with Gasteiger partial charge in [-0.05, 0) is 112 Å². The van der Waals surface area contributed by atoms with Crippen LogP contribution in [-0.4, -0.2) is 10.7 Å². The van der Waals surface area contributed by atoms with Crippen molar-refractivity contribution >= 4 is 0 Å². The molecule has 0 aromatic carbocycles. The molecule has 4 fully saturated rings. The van der Waals surface area contributed by atoms with Gasteiger partial charge in [0.15, 0.2) is 0 Å². The minimum absolute atomic E-state index is 0.391. The molecule has 0 spiro atoms. The number of unbranched alkanes of at least 4 members (excludes halogenated alkanes) is 2. The first-order chi connectivity index (χ1) is 12.3. The van der Waals surface area contributed by atoms with Gasteiger partial charge in [0.25, 0.3) is 0 Å². The Morgan fingerprint density at radius 3 is 2.35 bits per heavy atom. The second kappa shape index (κ2) is 6.78. The average Bonchev–Trinajstić information content (AvgIpc) is 2.92. The van der Waals surface area contributed by atoms with Gasteiger partial charge in [0.1, 0.15) is 0 Å². The van der Waals surface area contributed by atoms with Crippen LogP contribution in [0.4, 0.5) is 0 Å². The summed E-state index contributed by atoms with van der Waals surface area (Å²) in [5.41, 5.74) is 0.781. The van der Waals surface area contributed by atoms with Crippen molar-refractivity contribution in [3.8, 4) is 0 Å². The van der Waals surface area contributed by atoms with Gasteiger partial charge >= 0.3 is 0 Å². The lowest BCUT2D eigenvalue weighted by Gasteiger charge is -2.62. The molecule has 0 amide bonds. The standard InChI is InChI=1S/C25H44O/c1-5-6-7-8-18-10-12-21-20-11-9-19-17-23(2,26)15-16-25(19,4)22(20)13-14-24(18,21)3/h18-22,26H,5-17H2,1-4H3/t18?,19?,20-,21?,22-,23-,24?,25?/m0/s1. The van der Waals surface area contributed by atoms with E-state index in [-0.39, 0.29) is 0 Å². The van der Waals surface area contributed by atoms with E-state index in [0.717, 1.165) is 42.4 Å². The Labute approximate surface area is 162 Å². The summed E-state index contributed by atoms with van der Waals surface area (Å²) >= 11 is 0. The fourth-order valence-electron chi connectivity index (χ4n) is 8.65. The summed E-state index contributed by atoms with van der Waals surface area (Å²) in [6.45, 7) is 9.75. The van der Waals surface area contributed by atoms with Gasteiger partial charge in [-0.1, -0.05) is 40.0 Å². The first-order valence-corrected chi connectivity index (χ1v) is 12.0. The Kier molecular flexibility index (Phi) is 5.03. The maximum atomic E-state index is 10.7. The van der Waals surface area contributed by atoms with Crippen LogP contribution in [0.3, 0.4) is 0 Å². The Morgan fingerprint density at radius 1 is 0.808 bits per heavy atom. The molecule has 0 aromatic rings. The second-order valence-corrected chi connectivity index (χ2v) is 11.7. The summed E-state index contributed by atoms with van der Waals surface area (Å²) in [7, 11) is 0. The molecule has 4 rings (SSSR count). The van der Waals surface area contributed by atoms with Gasteiger partial charge in [-0.3, -0.25) is 0 Å². The van der Waals surface area contributed by atoms with E-state index < -0.39 is 5.60 Å². The van der Waals surface area contributed by atoms with Crippen LogP contribution in [0.5, 0.6) is 0 Å². The third-order valence-corrected chi connectivity index (χ3v) is 10.3. The zero-order valence-corrected chi connectivity index (χ0v) is 18.0. The SMILES string of the molecule is CCCCCC1CCC2[C@@H]3CCC4C[C@@](C)(O)CCC4(C)[C@H]3CCC12C. The van der Waals surface area contributed by atoms with Gasteiger partial charge < -0.3 is 5.11 Å². The number of rotatable bonds is 4. The number of hydrogen-bond donors (Lipinski definition) is 1. The highest BCUT2D eigenvalue weighted by Crippen LogP contribution is 2.68. The van der Waals surface area contributed by atoms with Gasteiger partial charge in [-0.15, -0.1) is 0 Å². The van der Waals surface area contributed by atoms with Crippen LogP contribution < -0.4 is 0 Å². The fourth-order valence-corrected chi connectivity index (χ4v) is 8.65. The Hall–Kier alpha value is -0.0400. The van der Waals surface area contributed by atoms with E-state index in [0.29, 0.717) is 10.8 Å². The summed E-state index contributed by atoms with van der Waals surface area (Å²) in [6, 6.07) is 0. The first kappa shape index (κ1) is 19.3. The van der Waals surface area contributed by atoms with Crippen LogP contribution in [0.15, 0.2) is 0 Å².